The molecule has 0 bridgehead atoms. The minimum absolute atomic E-state index is 0.114. The fourth-order valence-electron chi connectivity index (χ4n) is 1.55. The van der Waals surface area contributed by atoms with Gasteiger partial charge in [0, 0.05) is 23.2 Å². The van der Waals surface area contributed by atoms with Gasteiger partial charge in [-0.2, -0.15) is 0 Å². The van der Waals surface area contributed by atoms with Gasteiger partial charge in [0.25, 0.3) is 5.69 Å². The Morgan fingerprint density at radius 3 is 2.67 bits per heavy atom. The Bertz CT molecular complexity index is 839. The Morgan fingerprint density at radius 1 is 1.43 bits per heavy atom. The second-order valence-electron chi connectivity index (χ2n) is 3.98. The first-order valence-corrected chi connectivity index (χ1v) is 7.86. The van der Waals surface area contributed by atoms with E-state index in [1.54, 1.807) is 0 Å². The van der Waals surface area contributed by atoms with E-state index in [-0.39, 0.29) is 27.7 Å². The first-order valence-electron chi connectivity index (χ1n) is 5.50. The molecule has 0 atom stereocenters. The van der Waals surface area contributed by atoms with Crippen molar-refractivity contribution in [2.24, 2.45) is 0 Å². The standard InChI is InChI=1S/C10H10N4O5S2/c11-8-3-7(14(16)17)1-2-9(8)21(18,19)12-4-6-5-20-10(15)13-6/h1-3,5,12H,4,11H2,(H,13,15). The van der Waals surface area contributed by atoms with Crippen LogP contribution in [0.1, 0.15) is 5.69 Å². The zero-order chi connectivity index (χ0) is 15.6. The smallest absolute Gasteiger partial charge is 0.304 e. The van der Waals surface area contributed by atoms with Crippen LogP contribution in [-0.4, -0.2) is 18.3 Å². The topological polar surface area (TPSA) is 148 Å². The van der Waals surface area contributed by atoms with Gasteiger partial charge in [0.15, 0.2) is 0 Å². The van der Waals surface area contributed by atoms with Crippen molar-refractivity contribution in [1.29, 1.82) is 0 Å². The fourth-order valence-corrected chi connectivity index (χ4v) is 3.24. The number of rotatable bonds is 5. The number of nitro groups is 1. The molecule has 2 rings (SSSR count). The Labute approximate surface area is 122 Å². The van der Waals surface area contributed by atoms with Gasteiger partial charge in [-0.3, -0.25) is 14.9 Å². The average Bonchev–Trinajstić information content (AvgIpc) is 2.82. The van der Waals surface area contributed by atoms with Gasteiger partial charge in [0.05, 0.1) is 17.2 Å². The number of sulfonamides is 1. The summed E-state index contributed by atoms with van der Waals surface area (Å²) in [5.41, 5.74) is 5.43. The third kappa shape index (κ3) is 3.45. The molecule has 0 saturated heterocycles. The van der Waals surface area contributed by atoms with Crippen LogP contribution in [0.2, 0.25) is 0 Å². The number of aromatic amines is 1. The number of anilines is 1. The third-order valence-corrected chi connectivity index (χ3v) is 4.71. The van der Waals surface area contributed by atoms with Crippen molar-refractivity contribution >= 4 is 32.7 Å². The number of hydrogen-bond acceptors (Lipinski definition) is 7. The van der Waals surface area contributed by atoms with Gasteiger partial charge in [-0.15, -0.1) is 0 Å². The van der Waals surface area contributed by atoms with Crippen LogP contribution in [0.25, 0.3) is 0 Å². The largest absolute Gasteiger partial charge is 0.397 e. The summed E-state index contributed by atoms with van der Waals surface area (Å²) in [6.07, 6.45) is 0. The molecule has 11 heteroatoms. The molecule has 0 spiro atoms. The third-order valence-electron chi connectivity index (χ3n) is 2.52. The molecule has 0 unspecified atom stereocenters. The molecule has 0 fully saturated rings. The Hall–Kier alpha value is -2.24. The van der Waals surface area contributed by atoms with E-state index in [0.717, 1.165) is 29.5 Å². The van der Waals surface area contributed by atoms with E-state index >= 15 is 0 Å². The quantitative estimate of drug-likeness (QED) is 0.410. The number of benzene rings is 1. The molecule has 0 saturated carbocycles. The fraction of sp³-hybridized carbons (Fsp3) is 0.100. The van der Waals surface area contributed by atoms with Crippen molar-refractivity contribution in [1.82, 2.24) is 9.71 Å². The monoisotopic (exact) mass is 330 g/mol. The molecule has 4 N–H and O–H groups in total. The summed E-state index contributed by atoms with van der Waals surface area (Å²) in [5, 5.41) is 12.1. The summed E-state index contributed by atoms with van der Waals surface area (Å²) in [5.74, 6) is 0. The Balaban J connectivity index is 2.23. The highest BCUT2D eigenvalue weighted by atomic mass is 32.2. The molecule has 0 aliphatic carbocycles. The molecule has 1 aromatic carbocycles. The maximum Gasteiger partial charge on any atom is 0.304 e. The van der Waals surface area contributed by atoms with Crippen LogP contribution in [0.4, 0.5) is 11.4 Å². The number of nitrogens with zero attached hydrogens (tertiary/aromatic N) is 1. The highest BCUT2D eigenvalue weighted by molar-refractivity contribution is 7.89. The number of nitro benzene ring substituents is 1. The minimum Gasteiger partial charge on any atom is -0.397 e. The van der Waals surface area contributed by atoms with Crippen molar-refractivity contribution in [2.45, 2.75) is 11.4 Å². The van der Waals surface area contributed by atoms with Crippen LogP contribution in [-0.2, 0) is 16.6 Å². The molecule has 2 aromatic rings. The highest BCUT2D eigenvalue weighted by Gasteiger charge is 2.20. The number of H-pyrrole nitrogens is 1. The van der Waals surface area contributed by atoms with Gasteiger partial charge in [-0.05, 0) is 6.07 Å². The molecule has 9 nitrogen and oxygen atoms in total. The number of nitrogens with two attached hydrogens (primary N) is 1. The molecule has 112 valence electrons. The van der Waals surface area contributed by atoms with Gasteiger partial charge in [-0.25, -0.2) is 13.1 Å². The zero-order valence-electron chi connectivity index (χ0n) is 10.4. The Morgan fingerprint density at radius 2 is 2.14 bits per heavy atom. The summed E-state index contributed by atoms with van der Waals surface area (Å²) < 4.78 is 26.4. The second-order valence-corrected chi connectivity index (χ2v) is 6.55. The maximum atomic E-state index is 12.1. The van der Waals surface area contributed by atoms with Crippen LogP contribution in [0, 0.1) is 10.1 Å². The maximum absolute atomic E-state index is 12.1. The predicted molar refractivity (Wildman–Crippen MR) is 76.5 cm³/mol. The summed E-state index contributed by atoms with van der Waals surface area (Å²) >= 11 is 0.914. The van der Waals surface area contributed by atoms with Crippen molar-refractivity contribution in [3.05, 3.63) is 49.1 Å². The molecular formula is C10H10N4O5S2. The lowest BCUT2D eigenvalue weighted by molar-refractivity contribution is -0.384. The van der Waals surface area contributed by atoms with E-state index in [2.05, 4.69) is 9.71 Å². The summed E-state index contributed by atoms with van der Waals surface area (Å²) in [6.45, 7) is -0.114. The van der Waals surface area contributed by atoms with Crippen LogP contribution in [0.5, 0.6) is 0 Å². The summed E-state index contributed by atoms with van der Waals surface area (Å²) in [6, 6.07) is 3.09. The highest BCUT2D eigenvalue weighted by Crippen LogP contribution is 2.23. The second kappa shape index (κ2) is 5.63. The molecule has 0 radical (unpaired) electrons. The molecule has 0 amide bonds. The zero-order valence-corrected chi connectivity index (χ0v) is 12.0. The van der Waals surface area contributed by atoms with Gasteiger partial charge >= 0.3 is 4.87 Å². The first kappa shape index (κ1) is 15.2. The first-order chi connectivity index (χ1) is 9.79. The lowest BCUT2D eigenvalue weighted by Gasteiger charge is -2.08. The number of non-ortho nitro benzene ring substituents is 1. The minimum atomic E-state index is -3.94. The number of nitrogens with one attached hydrogen (secondary N) is 2. The lowest BCUT2D eigenvalue weighted by Crippen LogP contribution is -2.24. The van der Waals surface area contributed by atoms with Gasteiger partial charge in [0.1, 0.15) is 4.90 Å². The lowest BCUT2D eigenvalue weighted by atomic mass is 10.3. The van der Waals surface area contributed by atoms with Crippen molar-refractivity contribution in [3.63, 3.8) is 0 Å². The van der Waals surface area contributed by atoms with E-state index < -0.39 is 14.9 Å². The van der Waals surface area contributed by atoms with E-state index in [9.17, 15) is 23.3 Å². The molecular weight excluding hydrogens is 320 g/mol. The van der Waals surface area contributed by atoms with Crippen molar-refractivity contribution < 1.29 is 13.3 Å². The molecule has 1 heterocycles. The molecule has 0 aliphatic heterocycles. The molecule has 0 aliphatic rings. The Kier molecular flexibility index (Phi) is 4.06. The van der Waals surface area contributed by atoms with Gasteiger partial charge in [0.2, 0.25) is 10.0 Å². The van der Waals surface area contributed by atoms with E-state index in [0.29, 0.717) is 5.69 Å². The summed E-state index contributed by atoms with van der Waals surface area (Å²) in [7, 11) is -3.94. The normalized spacial score (nSPS) is 11.4. The summed E-state index contributed by atoms with van der Waals surface area (Å²) in [4.78, 5) is 22.8. The van der Waals surface area contributed by atoms with E-state index in [4.69, 9.17) is 5.73 Å². The van der Waals surface area contributed by atoms with Crippen LogP contribution in [0.3, 0.4) is 0 Å². The number of thiazole rings is 1. The molecule has 1 aromatic heterocycles. The van der Waals surface area contributed by atoms with E-state index in [1.807, 2.05) is 0 Å². The number of aromatic nitrogens is 1. The van der Waals surface area contributed by atoms with Crippen molar-refractivity contribution in [3.8, 4) is 0 Å². The van der Waals surface area contributed by atoms with Crippen LogP contribution < -0.4 is 15.3 Å². The van der Waals surface area contributed by atoms with Crippen molar-refractivity contribution in [2.75, 3.05) is 5.73 Å². The van der Waals surface area contributed by atoms with Crippen LogP contribution in [0.15, 0.2) is 33.3 Å². The predicted octanol–water partition coefficient (Wildman–Crippen LogP) is 0.405. The van der Waals surface area contributed by atoms with E-state index in [1.165, 1.54) is 5.38 Å². The number of hydrogen-bond donors (Lipinski definition) is 3. The average molecular weight is 330 g/mol. The SMILES string of the molecule is Nc1cc([N+](=O)[O-])ccc1S(=O)(=O)NCc1csc(=O)[nH]1. The van der Waals surface area contributed by atoms with Crippen LogP contribution >= 0.6 is 11.3 Å². The van der Waals surface area contributed by atoms with Gasteiger partial charge in [-0.1, -0.05) is 11.3 Å². The molecule has 21 heavy (non-hydrogen) atoms. The van der Waals surface area contributed by atoms with Gasteiger partial charge < -0.3 is 10.7 Å². The number of nitrogen functional groups attached to an aromatic ring is 1.